The van der Waals surface area contributed by atoms with E-state index in [9.17, 15) is 9.59 Å². The van der Waals surface area contributed by atoms with Crippen LogP contribution in [0.15, 0.2) is 15.9 Å². The van der Waals surface area contributed by atoms with Crippen LogP contribution in [0.5, 0.6) is 0 Å². The third-order valence-electron chi connectivity index (χ3n) is 3.55. The third-order valence-corrected chi connectivity index (χ3v) is 3.55. The molecule has 0 aromatic carbocycles. The van der Waals surface area contributed by atoms with Gasteiger partial charge in [0.25, 0.3) is 5.56 Å². The van der Waals surface area contributed by atoms with E-state index < -0.39 is 5.69 Å². The number of nitrogens with zero attached hydrogens (tertiary/aromatic N) is 2. The molecule has 1 unspecified atom stereocenters. The predicted molar refractivity (Wildman–Crippen MR) is 75.9 cm³/mol. The maximum atomic E-state index is 12.3. The van der Waals surface area contributed by atoms with Crippen LogP contribution >= 0.6 is 0 Å². The second kappa shape index (κ2) is 6.51. The molecule has 20 heavy (non-hydrogen) atoms. The third kappa shape index (κ3) is 2.82. The minimum atomic E-state index is -0.413. The second-order valence-electron chi connectivity index (χ2n) is 4.87. The zero-order chi connectivity index (χ0) is 14.5. The normalized spacial score (nSPS) is 12.9. The Bertz CT molecular complexity index is 670. The predicted octanol–water partition coefficient (Wildman–Crippen LogP) is 0.917. The van der Waals surface area contributed by atoms with Gasteiger partial charge in [-0.2, -0.15) is 0 Å². The van der Waals surface area contributed by atoms with E-state index in [-0.39, 0.29) is 18.2 Å². The van der Waals surface area contributed by atoms with E-state index >= 15 is 0 Å². The Kier molecular flexibility index (Phi) is 4.73. The molecule has 7 nitrogen and oxygen atoms in total. The van der Waals surface area contributed by atoms with Crippen molar-refractivity contribution in [1.29, 1.82) is 0 Å². The Morgan fingerprint density at radius 2 is 2.15 bits per heavy atom. The quantitative estimate of drug-likeness (QED) is 0.656. The van der Waals surface area contributed by atoms with Gasteiger partial charge in [-0.05, 0) is 19.3 Å². The summed E-state index contributed by atoms with van der Waals surface area (Å²) in [6, 6.07) is -0.127. The van der Waals surface area contributed by atoms with E-state index in [0.717, 1.165) is 25.7 Å². The van der Waals surface area contributed by atoms with Crippen LogP contribution in [0.3, 0.4) is 0 Å². The monoisotopic (exact) mass is 280 g/mol. The van der Waals surface area contributed by atoms with E-state index in [1.54, 1.807) is 0 Å². The van der Waals surface area contributed by atoms with Gasteiger partial charge in [0.2, 0.25) is 0 Å². The maximum Gasteiger partial charge on any atom is 0.330 e. The van der Waals surface area contributed by atoms with Gasteiger partial charge in [-0.15, -0.1) is 0 Å². The van der Waals surface area contributed by atoms with Crippen molar-refractivity contribution >= 4 is 11.2 Å². The molecule has 1 atom stereocenters. The molecule has 0 fully saturated rings. The number of hydrogen-bond donors (Lipinski definition) is 3. The molecule has 7 heteroatoms. The highest BCUT2D eigenvalue weighted by Crippen LogP contribution is 2.16. The van der Waals surface area contributed by atoms with Gasteiger partial charge in [-0.3, -0.25) is 14.3 Å². The van der Waals surface area contributed by atoms with Gasteiger partial charge in [0.1, 0.15) is 5.52 Å². The van der Waals surface area contributed by atoms with Crippen molar-refractivity contribution in [2.45, 2.75) is 45.1 Å². The lowest BCUT2D eigenvalue weighted by molar-refractivity contribution is 0.279. The Balaban J connectivity index is 2.29. The van der Waals surface area contributed by atoms with E-state index in [2.05, 4.69) is 15.0 Å². The van der Waals surface area contributed by atoms with Crippen molar-refractivity contribution in [2.24, 2.45) is 0 Å². The first-order chi connectivity index (χ1) is 9.69. The Morgan fingerprint density at radius 1 is 1.35 bits per heavy atom. The smallest absolute Gasteiger partial charge is 0.330 e. The number of aliphatic hydroxyl groups is 1. The molecule has 110 valence electrons. The molecule has 0 saturated carbocycles. The average molecular weight is 280 g/mol. The van der Waals surface area contributed by atoms with Gasteiger partial charge < -0.3 is 10.1 Å². The fourth-order valence-electron chi connectivity index (χ4n) is 2.44. The molecule has 2 aromatic heterocycles. The zero-order valence-corrected chi connectivity index (χ0v) is 11.6. The van der Waals surface area contributed by atoms with Gasteiger partial charge in [-0.1, -0.05) is 19.8 Å². The Labute approximate surface area is 115 Å². The van der Waals surface area contributed by atoms with Gasteiger partial charge in [-0.25, -0.2) is 9.78 Å². The summed E-state index contributed by atoms with van der Waals surface area (Å²) in [5.74, 6) is 0. The summed E-state index contributed by atoms with van der Waals surface area (Å²) in [6.07, 6.45) is 5.38. The topological polar surface area (TPSA) is 104 Å². The average Bonchev–Trinajstić information content (AvgIpc) is 2.89. The fourth-order valence-corrected chi connectivity index (χ4v) is 2.44. The molecule has 2 aromatic rings. The summed E-state index contributed by atoms with van der Waals surface area (Å²) in [5.41, 5.74) is -0.108. The molecule has 0 spiro atoms. The summed E-state index contributed by atoms with van der Waals surface area (Å²) in [5, 5.41) is 8.77. The number of nitrogens with one attached hydrogen (secondary N) is 2. The van der Waals surface area contributed by atoms with Crippen molar-refractivity contribution in [2.75, 3.05) is 6.61 Å². The van der Waals surface area contributed by atoms with Gasteiger partial charge in [0, 0.05) is 12.6 Å². The molecule has 3 N–H and O–H groups in total. The number of fused-ring (bicyclic) bond motifs is 1. The molecular weight excluding hydrogens is 260 g/mol. The number of imidazole rings is 1. The number of H-pyrrole nitrogens is 2. The second-order valence-corrected chi connectivity index (χ2v) is 4.87. The summed E-state index contributed by atoms with van der Waals surface area (Å²) in [7, 11) is 0. The lowest BCUT2D eigenvalue weighted by Gasteiger charge is -2.16. The lowest BCUT2D eigenvalue weighted by atomic mass is 10.1. The largest absolute Gasteiger partial charge is 0.396 e. The SMILES string of the molecule is CCC(CCCCCO)n1c(=O)[nH]c2nc[nH]c2c1=O. The van der Waals surface area contributed by atoms with Crippen LogP contribution in [-0.4, -0.2) is 31.2 Å². The minimum absolute atomic E-state index is 0.127. The zero-order valence-electron chi connectivity index (χ0n) is 11.6. The number of aromatic amines is 2. The maximum absolute atomic E-state index is 12.3. The van der Waals surface area contributed by atoms with Crippen LogP contribution in [0.25, 0.3) is 11.2 Å². The summed E-state index contributed by atoms with van der Waals surface area (Å²) < 4.78 is 1.28. The summed E-state index contributed by atoms with van der Waals surface area (Å²) in [4.78, 5) is 33.7. The molecular formula is C13H20N4O3. The van der Waals surface area contributed by atoms with Crippen molar-refractivity contribution in [3.63, 3.8) is 0 Å². The molecule has 0 amide bonds. The molecule has 0 bridgehead atoms. The Morgan fingerprint density at radius 3 is 2.85 bits per heavy atom. The van der Waals surface area contributed by atoms with Crippen LogP contribution in [0.4, 0.5) is 0 Å². The van der Waals surface area contributed by atoms with Crippen molar-refractivity contribution in [1.82, 2.24) is 19.5 Å². The molecule has 0 aliphatic carbocycles. The highest BCUT2D eigenvalue weighted by Gasteiger charge is 2.16. The first kappa shape index (κ1) is 14.5. The van der Waals surface area contributed by atoms with Gasteiger partial charge >= 0.3 is 5.69 Å². The van der Waals surface area contributed by atoms with E-state index in [4.69, 9.17) is 5.11 Å². The summed E-state index contributed by atoms with van der Waals surface area (Å²) in [6.45, 7) is 2.14. The molecule has 2 rings (SSSR count). The number of rotatable bonds is 7. The Hall–Kier alpha value is -1.89. The van der Waals surface area contributed by atoms with Crippen LogP contribution in [0.1, 0.15) is 45.1 Å². The van der Waals surface area contributed by atoms with Crippen LogP contribution in [0.2, 0.25) is 0 Å². The standard InChI is InChI=1S/C13H20N4O3/c1-2-9(6-4-3-5-7-18)17-12(19)10-11(15-8-14-10)16-13(17)20/h8-9,18H,2-7H2,1H3,(H,14,15)(H,16,20). The van der Waals surface area contributed by atoms with Crippen molar-refractivity contribution < 1.29 is 5.11 Å². The van der Waals surface area contributed by atoms with Crippen LogP contribution in [-0.2, 0) is 0 Å². The molecule has 0 saturated heterocycles. The highest BCUT2D eigenvalue weighted by molar-refractivity contribution is 5.67. The number of unbranched alkanes of at least 4 members (excludes halogenated alkanes) is 2. The van der Waals surface area contributed by atoms with Crippen LogP contribution in [0, 0.1) is 0 Å². The van der Waals surface area contributed by atoms with E-state index in [1.807, 2.05) is 6.92 Å². The van der Waals surface area contributed by atoms with Gasteiger partial charge in [0.15, 0.2) is 5.65 Å². The van der Waals surface area contributed by atoms with Crippen LogP contribution < -0.4 is 11.2 Å². The number of aromatic nitrogens is 4. The highest BCUT2D eigenvalue weighted by atomic mass is 16.3. The van der Waals surface area contributed by atoms with Crippen molar-refractivity contribution in [3.8, 4) is 0 Å². The minimum Gasteiger partial charge on any atom is -0.396 e. The number of aliphatic hydroxyl groups excluding tert-OH is 1. The van der Waals surface area contributed by atoms with Gasteiger partial charge in [0.05, 0.1) is 6.33 Å². The first-order valence-electron chi connectivity index (χ1n) is 6.97. The number of hydrogen-bond acceptors (Lipinski definition) is 4. The first-order valence-corrected chi connectivity index (χ1v) is 6.97. The van der Waals surface area contributed by atoms with Crippen molar-refractivity contribution in [3.05, 3.63) is 27.2 Å². The molecule has 0 aliphatic rings. The van der Waals surface area contributed by atoms with E-state index in [0.29, 0.717) is 17.6 Å². The fraction of sp³-hybridized carbons (Fsp3) is 0.615. The molecule has 2 heterocycles. The summed E-state index contributed by atoms with van der Waals surface area (Å²) >= 11 is 0. The molecule has 0 radical (unpaired) electrons. The lowest BCUT2D eigenvalue weighted by Crippen LogP contribution is -2.38. The van der Waals surface area contributed by atoms with E-state index in [1.165, 1.54) is 10.9 Å². The molecule has 0 aliphatic heterocycles.